The van der Waals surface area contributed by atoms with Crippen LogP contribution < -0.4 is 0 Å². The fourth-order valence-electron chi connectivity index (χ4n) is 8.20. The zero-order valence-electron chi connectivity index (χ0n) is 27.6. The van der Waals surface area contributed by atoms with Gasteiger partial charge in [-0.3, -0.25) is 0 Å². The molecule has 238 valence electrons. The van der Waals surface area contributed by atoms with Gasteiger partial charge in [0.1, 0.15) is 0 Å². The van der Waals surface area contributed by atoms with Crippen LogP contribution in [0.15, 0.2) is 182 Å². The predicted octanol–water partition coefficient (Wildman–Crippen LogP) is 13.6. The van der Waals surface area contributed by atoms with Gasteiger partial charge in [-0.25, -0.2) is 0 Å². The molecular weight excluding hydrogens is 637 g/mol. The summed E-state index contributed by atoms with van der Waals surface area (Å²) in [5.41, 5.74) is 12.1. The lowest BCUT2D eigenvalue weighted by molar-refractivity contribution is 1.18. The third kappa shape index (κ3) is 4.29. The van der Waals surface area contributed by atoms with E-state index in [1.165, 1.54) is 91.7 Å². The van der Waals surface area contributed by atoms with Crippen molar-refractivity contribution in [1.82, 2.24) is 9.13 Å². The van der Waals surface area contributed by atoms with Crippen molar-refractivity contribution in [2.45, 2.75) is 0 Å². The van der Waals surface area contributed by atoms with Gasteiger partial charge in [0.25, 0.3) is 0 Å². The largest absolute Gasteiger partial charge is 0.309 e. The van der Waals surface area contributed by atoms with E-state index in [0.29, 0.717) is 0 Å². The first kappa shape index (κ1) is 28.4. The van der Waals surface area contributed by atoms with Gasteiger partial charge >= 0.3 is 0 Å². The summed E-state index contributed by atoms with van der Waals surface area (Å²) in [4.78, 5) is 0. The fourth-order valence-corrected chi connectivity index (χ4v) is 9.44. The van der Waals surface area contributed by atoms with E-state index in [2.05, 4.69) is 191 Å². The molecule has 3 heterocycles. The molecule has 0 radical (unpaired) electrons. The maximum atomic E-state index is 2.43. The molecule has 0 atom stereocenters. The molecule has 11 aromatic rings. The molecule has 0 N–H and O–H groups in total. The van der Waals surface area contributed by atoms with Gasteiger partial charge in [-0.1, -0.05) is 121 Å². The van der Waals surface area contributed by atoms with Gasteiger partial charge < -0.3 is 9.13 Å². The van der Waals surface area contributed by atoms with Crippen LogP contribution >= 0.6 is 11.3 Å². The molecule has 0 spiro atoms. The van der Waals surface area contributed by atoms with Crippen LogP contribution in [-0.2, 0) is 0 Å². The minimum Gasteiger partial charge on any atom is -0.309 e. The molecule has 0 saturated heterocycles. The van der Waals surface area contributed by atoms with Crippen molar-refractivity contribution in [1.29, 1.82) is 0 Å². The molecule has 0 unspecified atom stereocenters. The maximum Gasteiger partial charge on any atom is 0.0547 e. The third-order valence-corrected chi connectivity index (χ3v) is 11.8. The molecule has 0 aliphatic heterocycles. The molecule has 0 amide bonds. The van der Waals surface area contributed by atoms with E-state index in [-0.39, 0.29) is 0 Å². The second-order valence-corrected chi connectivity index (χ2v) is 14.4. The summed E-state index contributed by atoms with van der Waals surface area (Å²) < 4.78 is 7.47. The average Bonchev–Trinajstić information content (AvgIpc) is 3.85. The first-order valence-corrected chi connectivity index (χ1v) is 18.3. The van der Waals surface area contributed by atoms with Gasteiger partial charge in [0.15, 0.2) is 0 Å². The molecule has 3 heteroatoms. The van der Waals surface area contributed by atoms with Gasteiger partial charge in [-0.2, -0.15) is 0 Å². The summed E-state index contributed by atoms with van der Waals surface area (Å²) in [6.45, 7) is 0. The number of thiophene rings is 1. The summed E-state index contributed by atoms with van der Waals surface area (Å²) in [6.07, 6.45) is 0. The monoisotopic (exact) mass is 666 g/mol. The van der Waals surface area contributed by atoms with Crippen molar-refractivity contribution >= 4 is 75.1 Å². The van der Waals surface area contributed by atoms with E-state index in [4.69, 9.17) is 0 Å². The molecule has 51 heavy (non-hydrogen) atoms. The molecule has 0 fully saturated rings. The fraction of sp³-hybridized carbons (Fsp3) is 0. The Bertz CT molecular complexity index is 3120. The number of rotatable bonds is 4. The van der Waals surface area contributed by atoms with Crippen LogP contribution in [-0.4, -0.2) is 9.13 Å². The van der Waals surface area contributed by atoms with Gasteiger partial charge in [-0.05, 0) is 82.9 Å². The van der Waals surface area contributed by atoms with Crippen LogP contribution in [0.2, 0.25) is 0 Å². The molecular formula is C48H30N2S. The normalized spacial score (nSPS) is 11.9. The third-order valence-electron chi connectivity index (χ3n) is 10.5. The highest BCUT2D eigenvalue weighted by molar-refractivity contribution is 7.26. The summed E-state index contributed by atoms with van der Waals surface area (Å²) in [6, 6.07) is 66.6. The summed E-state index contributed by atoms with van der Waals surface area (Å²) in [5, 5.41) is 7.72. The van der Waals surface area contributed by atoms with Gasteiger partial charge in [0.05, 0.1) is 22.1 Å². The number of aromatic nitrogens is 2. The zero-order chi connectivity index (χ0) is 33.5. The molecule has 8 aromatic carbocycles. The molecule has 0 aliphatic rings. The van der Waals surface area contributed by atoms with Crippen LogP contribution in [0.3, 0.4) is 0 Å². The highest BCUT2D eigenvalue weighted by Crippen LogP contribution is 2.42. The average molecular weight is 667 g/mol. The first-order chi connectivity index (χ1) is 25.3. The van der Waals surface area contributed by atoms with Crippen LogP contribution in [0, 0.1) is 0 Å². The minimum absolute atomic E-state index is 1.16. The second kappa shape index (κ2) is 11.0. The number of hydrogen-bond donors (Lipinski definition) is 0. The molecule has 0 saturated carbocycles. The number of hydrogen-bond acceptors (Lipinski definition) is 1. The Kier molecular flexibility index (Phi) is 6.16. The van der Waals surface area contributed by atoms with E-state index in [1.54, 1.807) is 0 Å². The van der Waals surface area contributed by atoms with E-state index < -0.39 is 0 Å². The number of benzene rings is 8. The summed E-state index contributed by atoms with van der Waals surface area (Å²) in [5.74, 6) is 0. The van der Waals surface area contributed by atoms with Crippen molar-refractivity contribution in [3.8, 4) is 33.6 Å². The first-order valence-electron chi connectivity index (χ1n) is 17.4. The molecule has 0 bridgehead atoms. The standard InChI is InChI=1S/C48H30N2S/c1-2-11-34(12-3-1)49-44-19-8-5-14-38(44)42-29-32(24-28-45(42)49)31-21-25-35(26-22-31)50-43-18-7-4-13-37(43)39-27-23-33(30-46(39)50)36-16-10-17-41-40-15-6-9-20-47(40)51-48(36)41/h1-30H. The Morgan fingerprint density at radius 2 is 0.882 bits per heavy atom. The van der Waals surface area contributed by atoms with Crippen molar-refractivity contribution in [3.63, 3.8) is 0 Å². The van der Waals surface area contributed by atoms with Gasteiger partial charge in [-0.15, -0.1) is 11.3 Å². The maximum absolute atomic E-state index is 2.43. The van der Waals surface area contributed by atoms with Crippen LogP contribution in [0.1, 0.15) is 0 Å². The number of fused-ring (bicyclic) bond motifs is 9. The van der Waals surface area contributed by atoms with E-state index in [0.717, 1.165) is 5.69 Å². The van der Waals surface area contributed by atoms with E-state index in [9.17, 15) is 0 Å². The highest BCUT2D eigenvalue weighted by atomic mass is 32.1. The Morgan fingerprint density at radius 1 is 0.314 bits per heavy atom. The lowest BCUT2D eigenvalue weighted by Crippen LogP contribution is -1.94. The van der Waals surface area contributed by atoms with Crippen LogP contribution in [0.4, 0.5) is 0 Å². The molecule has 3 aromatic heterocycles. The Balaban J connectivity index is 1.05. The van der Waals surface area contributed by atoms with Crippen molar-refractivity contribution in [3.05, 3.63) is 182 Å². The van der Waals surface area contributed by atoms with Gasteiger partial charge in [0.2, 0.25) is 0 Å². The molecule has 0 aliphatic carbocycles. The number of nitrogens with zero attached hydrogens (tertiary/aromatic N) is 2. The highest BCUT2D eigenvalue weighted by Gasteiger charge is 2.17. The smallest absolute Gasteiger partial charge is 0.0547 e. The van der Waals surface area contributed by atoms with Gasteiger partial charge in [0, 0.05) is 53.1 Å². The van der Waals surface area contributed by atoms with Crippen molar-refractivity contribution in [2.24, 2.45) is 0 Å². The van der Waals surface area contributed by atoms with E-state index >= 15 is 0 Å². The summed E-state index contributed by atoms with van der Waals surface area (Å²) in [7, 11) is 0. The Labute approximate surface area is 298 Å². The number of para-hydroxylation sites is 3. The SMILES string of the molecule is c1ccc(-n2c3ccccc3c3cc(-c4ccc(-n5c6ccccc6c6ccc(-c7cccc8c7sc7ccccc78)cc65)cc4)ccc32)cc1. The quantitative estimate of drug-likeness (QED) is 0.177. The predicted molar refractivity (Wildman–Crippen MR) is 219 cm³/mol. The van der Waals surface area contributed by atoms with Crippen LogP contribution in [0.5, 0.6) is 0 Å². The second-order valence-electron chi connectivity index (χ2n) is 13.3. The van der Waals surface area contributed by atoms with Crippen molar-refractivity contribution in [2.75, 3.05) is 0 Å². The lowest BCUT2D eigenvalue weighted by atomic mass is 10.0. The zero-order valence-corrected chi connectivity index (χ0v) is 28.4. The van der Waals surface area contributed by atoms with Crippen LogP contribution in [0.25, 0.3) is 97.4 Å². The topological polar surface area (TPSA) is 9.86 Å². The Morgan fingerprint density at radius 3 is 1.69 bits per heavy atom. The molecule has 2 nitrogen and oxygen atoms in total. The molecule has 11 rings (SSSR count). The summed E-state index contributed by atoms with van der Waals surface area (Å²) >= 11 is 1.89. The van der Waals surface area contributed by atoms with E-state index in [1.807, 2.05) is 11.3 Å². The lowest BCUT2D eigenvalue weighted by Gasteiger charge is -2.11. The Hall–Kier alpha value is -6.42. The minimum atomic E-state index is 1.16. The van der Waals surface area contributed by atoms with Crippen molar-refractivity contribution < 1.29 is 0 Å².